The number of likely N-dealkylation sites (N-methyl/N-ethyl adjacent to an activating group) is 1. The lowest BCUT2D eigenvalue weighted by Gasteiger charge is -2.14. The Balaban J connectivity index is 1.94. The van der Waals surface area contributed by atoms with Crippen molar-refractivity contribution in [3.05, 3.63) is 11.8 Å². The second kappa shape index (κ2) is 6.45. The Bertz CT molecular complexity index is 465. The number of carbonyl (C=O) groups is 1. The van der Waals surface area contributed by atoms with Gasteiger partial charge < -0.3 is 14.5 Å². The molecule has 112 valence electrons. The minimum atomic E-state index is -0.877. The van der Waals surface area contributed by atoms with E-state index in [1.54, 1.807) is 13.1 Å². The highest BCUT2D eigenvalue weighted by atomic mass is 35.5. The van der Waals surface area contributed by atoms with E-state index >= 15 is 0 Å². The monoisotopic (exact) mass is 301 g/mol. The van der Waals surface area contributed by atoms with Gasteiger partial charge in [-0.1, -0.05) is 12.1 Å². The highest BCUT2D eigenvalue weighted by Crippen LogP contribution is 2.23. The Morgan fingerprint density at radius 1 is 1.65 bits per heavy atom. The van der Waals surface area contributed by atoms with Gasteiger partial charge in [-0.05, 0) is 19.3 Å². The molecular formula is C13H20ClN3O3. The number of aryl methyl sites for hydroxylation is 1. The van der Waals surface area contributed by atoms with E-state index in [-0.39, 0.29) is 18.0 Å². The maximum Gasteiger partial charge on any atom is 0.327 e. The molecule has 20 heavy (non-hydrogen) atoms. The van der Waals surface area contributed by atoms with E-state index in [4.69, 9.17) is 16.1 Å². The normalized spacial score (nSPS) is 20.8. The van der Waals surface area contributed by atoms with Crippen molar-refractivity contribution in [3.63, 3.8) is 0 Å². The Labute approximate surface area is 123 Å². The van der Waals surface area contributed by atoms with Gasteiger partial charge in [-0.2, -0.15) is 0 Å². The van der Waals surface area contributed by atoms with Crippen LogP contribution in [0.2, 0.25) is 0 Å². The Morgan fingerprint density at radius 2 is 2.40 bits per heavy atom. The van der Waals surface area contributed by atoms with Crippen LogP contribution in [0.25, 0.3) is 0 Å². The van der Waals surface area contributed by atoms with Gasteiger partial charge >= 0.3 is 6.03 Å². The van der Waals surface area contributed by atoms with Gasteiger partial charge in [-0.3, -0.25) is 0 Å². The van der Waals surface area contributed by atoms with Crippen LogP contribution in [0.3, 0.4) is 0 Å². The average Bonchev–Trinajstić information content (AvgIpc) is 2.95. The van der Waals surface area contributed by atoms with Gasteiger partial charge in [0.15, 0.2) is 12.0 Å². The minimum Gasteiger partial charge on any atom is -0.371 e. The molecule has 0 bridgehead atoms. The quantitative estimate of drug-likeness (QED) is 0.818. The summed E-state index contributed by atoms with van der Waals surface area (Å²) in [5.41, 5.74) is 0. The number of hydrogen-bond acceptors (Lipinski definition) is 4. The van der Waals surface area contributed by atoms with Crippen LogP contribution in [0.4, 0.5) is 10.6 Å². The molecule has 1 aromatic rings. The summed E-state index contributed by atoms with van der Waals surface area (Å²) in [5, 5.41) is 13.9. The second-order valence-corrected chi connectivity index (χ2v) is 5.68. The van der Waals surface area contributed by atoms with Crippen molar-refractivity contribution in [2.75, 3.05) is 18.5 Å². The third-order valence-electron chi connectivity index (χ3n) is 3.44. The summed E-state index contributed by atoms with van der Waals surface area (Å²) in [4.78, 5) is 14.5. The molecule has 1 N–H and O–H groups in total. The molecule has 1 aliphatic rings. The van der Waals surface area contributed by atoms with Crippen molar-refractivity contribution < 1.29 is 14.4 Å². The summed E-state index contributed by atoms with van der Waals surface area (Å²) < 4.78 is 5.21. The molecule has 6 nitrogen and oxygen atoms in total. The number of halogens is 1. The van der Waals surface area contributed by atoms with Crippen LogP contribution >= 0.6 is 11.6 Å². The molecule has 1 fully saturated rings. The number of aromatic nitrogens is 1. The van der Waals surface area contributed by atoms with Crippen LogP contribution < -0.4 is 4.90 Å². The molecule has 0 spiro atoms. The second-order valence-electron chi connectivity index (χ2n) is 5.06. The molecule has 1 saturated heterocycles. The van der Waals surface area contributed by atoms with Crippen LogP contribution in [0.5, 0.6) is 0 Å². The molecule has 1 aliphatic heterocycles. The molecule has 2 unspecified atom stereocenters. The third-order valence-corrected chi connectivity index (χ3v) is 3.97. The standard InChI is InChI=1S/C13H20ClN3O3/c1-3-9(14)5-4-6-10-7-11(15-20-10)17-12(18)8-16(2)13(17)19/h7,9,12,18H,3-6,8H2,1-2H3. The van der Waals surface area contributed by atoms with E-state index in [2.05, 4.69) is 12.1 Å². The SMILES string of the molecule is CCC(Cl)CCCc1cc(N2C(=O)N(C)CC2O)no1. The number of aliphatic hydroxyl groups is 1. The fourth-order valence-corrected chi connectivity index (χ4v) is 2.36. The number of nitrogens with zero attached hydrogens (tertiary/aromatic N) is 3. The molecule has 0 aromatic carbocycles. The number of rotatable bonds is 6. The molecule has 0 aliphatic carbocycles. The fraction of sp³-hybridized carbons (Fsp3) is 0.692. The van der Waals surface area contributed by atoms with Crippen molar-refractivity contribution in [2.45, 2.75) is 44.2 Å². The molecule has 2 heterocycles. The van der Waals surface area contributed by atoms with Crippen LogP contribution in [0.1, 0.15) is 31.9 Å². The van der Waals surface area contributed by atoms with Crippen LogP contribution in [-0.4, -0.2) is 46.4 Å². The van der Waals surface area contributed by atoms with Crippen molar-refractivity contribution in [2.24, 2.45) is 0 Å². The van der Waals surface area contributed by atoms with E-state index in [0.717, 1.165) is 25.7 Å². The first-order valence-electron chi connectivity index (χ1n) is 6.85. The predicted molar refractivity (Wildman–Crippen MR) is 75.9 cm³/mol. The maximum absolute atomic E-state index is 11.9. The third kappa shape index (κ3) is 3.24. The van der Waals surface area contributed by atoms with E-state index in [9.17, 15) is 9.90 Å². The summed E-state index contributed by atoms with van der Waals surface area (Å²) in [6.45, 7) is 2.33. The van der Waals surface area contributed by atoms with E-state index in [1.165, 1.54) is 9.80 Å². The zero-order chi connectivity index (χ0) is 14.7. The number of urea groups is 1. The van der Waals surface area contributed by atoms with Gasteiger partial charge in [-0.25, -0.2) is 9.69 Å². The lowest BCUT2D eigenvalue weighted by atomic mass is 10.1. The zero-order valence-electron chi connectivity index (χ0n) is 11.8. The Kier molecular flexibility index (Phi) is 4.88. The number of amides is 2. The van der Waals surface area contributed by atoms with Gasteiger partial charge in [0, 0.05) is 24.9 Å². The Hall–Kier alpha value is -1.27. The molecule has 0 radical (unpaired) electrons. The number of hydrogen-bond donors (Lipinski definition) is 1. The van der Waals surface area contributed by atoms with Crippen molar-refractivity contribution in [3.8, 4) is 0 Å². The molecule has 2 amide bonds. The van der Waals surface area contributed by atoms with Crippen molar-refractivity contribution in [1.82, 2.24) is 10.1 Å². The molecule has 0 saturated carbocycles. The topological polar surface area (TPSA) is 69.8 Å². The van der Waals surface area contributed by atoms with Crippen LogP contribution in [0, 0.1) is 0 Å². The van der Waals surface area contributed by atoms with Crippen molar-refractivity contribution in [1.29, 1.82) is 0 Å². The van der Waals surface area contributed by atoms with Gasteiger partial charge in [0.1, 0.15) is 5.76 Å². The summed E-state index contributed by atoms with van der Waals surface area (Å²) in [5.74, 6) is 1.06. The summed E-state index contributed by atoms with van der Waals surface area (Å²) in [7, 11) is 1.64. The van der Waals surface area contributed by atoms with E-state index in [0.29, 0.717) is 11.6 Å². The van der Waals surface area contributed by atoms with E-state index < -0.39 is 6.23 Å². The zero-order valence-corrected chi connectivity index (χ0v) is 12.5. The Morgan fingerprint density at radius 3 is 3.00 bits per heavy atom. The number of alkyl halides is 1. The molecule has 1 aromatic heterocycles. The molecule has 2 rings (SSSR count). The van der Waals surface area contributed by atoms with Gasteiger partial charge in [-0.15, -0.1) is 11.6 Å². The minimum absolute atomic E-state index is 0.188. The number of aliphatic hydroxyl groups excluding tert-OH is 1. The fourth-order valence-electron chi connectivity index (χ4n) is 2.20. The number of carbonyl (C=O) groups excluding carboxylic acids is 1. The molecule has 2 atom stereocenters. The largest absolute Gasteiger partial charge is 0.371 e. The lowest BCUT2D eigenvalue weighted by molar-refractivity contribution is 0.182. The van der Waals surface area contributed by atoms with E-state index in [1.807, 2.05) is 0 Å². The van der Waals surface area contributed by atoms with Gasteiger partial charge in [0.25, 0.3) is 0 Å². The number of β-amino-alcohol motifs (C(OH)–C–C–N with tert-alkyl or cyclic N) is 1. The first kappa shape index (κ1) is 15.1. The molecule has 7 heteroatoms. The summed E-state index contributed by atoms with van der Waals surface area (Å²) in [6.07, 6.45) is 2.63. The highest BCUT2D eigenvalue weighted by molar-refractivity contribution is 6.20. The van der Waals surface area contributed by atoms with Crippen LogP contribution in [0.15, 0.2) is 10.6 Å². The first-order chi connectivity index (χ1) is 9.52. The molecular weight excluding hydrogens is 282 g/mol. The lowest BCUT2D eigenvalue weighted by Crippen LogP contribution is -2.34. The van der Waals surface area contributed by atoms with Crippen LogP contribution in [-0.2, 0) is 6.42 Å². The summed E-state index contributed by atoms with van der Waals surface area (Å²) >= 11 is 6.06. The maximum atomic E-state index is 11.9. The smallest absolute Gasteiger partial charge is 0.327 e. The van der Waals surface area contributed by atoms with Gasteiger partial charge in [0.2, 0.25) is 0 Å². The number of anilines is 1. The van der Waals surface area contributed by atoms with Gasteiger partial charge in [0.05, 0.1) is 6.54 Å². The summed E-state index contributed by atoms with van der Waals surface area (Å²) in [6, 6.07) is 1.43. The first-order valence-corrected chi connectivity index (χ1v) is 7.28. The van der Waals surface area contributed by atoms with Crippen molar-refractivity contribution >= 4 is 23.4 Å². The predicted octanol–water partition coefficient (Wildman–Crippen LogP) is 2.20. The highest BCUT2D eigenvalue weighted by Gasteiger charge is 2.36. The average molecular weight is 302 g/mol.